The lowest BCUT2D eigenvalue weighted by atomic mass is 10.1. The first kappa shape index (κ1) is 24.7. The number of rotatable bonds is 8. The van der Waals surface area contributed by atoms with E-state index in [1.807, 2.05) is 12.1 Å². The summed E-state index contributed by atoms with van der Waals surface area (Å²) in [6.07, 6.45) is -1.43. The van der Waals surface area contributed by atoms with E-state index in [1.54, 1.807) is 12.1 Å². The fourth-order valence-corrected chi connectivity index (χ4v) is 4.70. The van der Waals surface area contributed by atoms with E-state index in [-0.39, 0.29) is 12.1 Å². The van der Waals surface area contributed by atoms with Gasteiger partial charge in [0.1, 0.15) is 11.5 Å². The molecule has 3 rings (SSSR count). The number of carbonyl (C=O) groups excluding carboxylic acids is 1. The highest BCUT2D eigenvalue weighted by atomic mass is 32.2. The Morgan fingerprint density at radius 1 is 1.06 bits per heavy atom. The molecule has 1 amide bonds. The van der Waals surface area contributed by atoms with Gasteiger partial charge in [-0.15, -0.1) is 13.2 Å². The van der Waals surface area contributed by atoms with Gasteiger partial charge in [-0.2, -0.15) is 0 Å². The molecule has 0 aliphatic carbocycles. The molecule has 0 spiro atoms. The third kappa shape index (κ3) is 7.55. The molecule has 0 unspecified atom stereocenters. The van der Waals surface area contributed by atoms with Crippen molar-refractivity contribution in [1.82, 2.24) is 4.90 Å². The number of hydrogen-bond acceptors (Lipinski definition) is 5. The standard InChI is InChI=1S/C22H26F3N3O4S/c1-27(15-17-7-3-4-8-20(17)32-22(23,24)25)21(29)16-33(30,31)26-18-9-11-19(12-10-18)28-13-5-2-6-14-28/h3-4,7-12,26H,2,5-6,13-16H2,1H3. The molecule has 0 aromatic heterocycles. The number of sulfonamides is 1. The number of nitrogens with zero attached hydrogens (tertiary/aromatic N) is 2. The van der Waals surface area contributed by atoms with Gasteiger partial charge in [-0.1, -0.05) is 18.2 Å². The second-order valence-electron chi connectivity index (χ2n) is 7.86. The fraction of sp³-hybridized carbons (Fsp3) is 0.409. The van der Waals surface area contributed by atoms with Gasteiger partial charge in [0.05, 0.1) is 0 Å². The first-order valence-corrected chi connectivity index (χ1v) is 12.1. The van der Waals surface area contributed by atoms with Gasteiger partial charge >= 0.3 is 6.36 Å². The normalized spacial score (nSPS) is 14.6. The van der Waals surface area contributed by atoms with Crippen molar-refractivity contribution in [3.05, 3.63) is 54.1 Å². The van der Waals surface area contributed by atoms with Crippen LogP contribution < -0.4 is 14.4 Å². The second-order valence-corrected chi connectivity index (χ2v) is 9.58. The number of amides is 1. The number of benzene rings is 2. The van der Waals surface area contributed by atoms with E-state index in [0.717, 1.165) is 42.6 Å². The minimum Gasteiger partial charge on any atom is -0.405 e. The summed E-state index contributed by atoms with van der Waals surface area (Å²) >= 11 is 0. The third-order valence-electron chi connectivity index (χ3n) is 5.21. The van der Waals surface area contributed by atoms with E-state index >= 15 is 0 Å². The van der Waals surface area contributed by atoms with Crippen LogP contribution in [0, 0.1) is 0 Å². The molecule has 1 fully saturated rings. The zero-order valence-electron chi connectivity index (χ0n) is 18.1. The van der Waals surface area contributed by atoms with Crippen LogP contribution >= 0.6 is 0 Å². The molecule has 11 heteroatoms. The molecule has 1 saturated heterocycles. The predicted molar refractivity (Wildman–Crippen MR) is 120 cm³/mol. The summed E-state index contributed by atoms with van der Waals surface area (Å²) in [4.78, 5) is 15.7. The highest BCUT2D eigenvalue weighted by molar-refractivity contribution is 7.93. The lowest BCUT2D eigenvalue weighted by Gasteiger charge is -2.28. The largest absolute Gasteiger partial charge is 0.573 e. The minimum absolute atomic E-state index is 0.101. The Labute approximate surface area is 191 Å². The summed E-state index contributed by atoms with van der Waals surface area (Å²) in [5.41, 5.74) is 1.44. The van der Waals surface area contributed by atoms with E-state index in [2.05, 4.69) is 14.4 Å². The van der Waals surface area contributed by atoms with Crippen molar-refractivity contribution in [3.63, 3.8) is 0 Å². The van der Waals surface area contributed by atoms with Gasteiger partial charge in [-0.25, -0.2) is 8.42 Å². The van der Waals surface area contributed by atoms with Crippen molar-refractivity contribution >= 4 is 27.3 Å². The first-order valence-electron chi connectivity index (χ1n) is 10.5. The monoisotopic (exact) mass is 485 g/mol. The number of nitrogens with one attached hydrogen (secondary N) is 1. The molecule has 0 atom stereocenters. The lowest BCUT2D eigenvalue weighted by molar-refractivity contribution is -0.275. The van der Waals surface area contributed by atoms with Gasteiger partial charge in [0.25, 0.3) is 0 Å². The first-order chi connectivity index (χ1) is 15.5. The average molecular weight is 486 g/mol. The Balaban J connectivity index is 1.59. The van der Waals surface area contributed by atoms with Crippen molar-refractivity contribution < 1.29 is 31.1 Å². The second kappa shape index (κ2) is 10.3. The van der Waals surface area contributed by atoms with Crippen molar-refractivity contribution in [1.29, 1.82) is 0 Å². The number of piperidine rings is 1. The summed E-state index contributed by atoms with van der Waals surface area (Å²) in [6, 6.07) is 12.3. The molecule has 180 valence electrons. The summed E-state index contributed by atoms with van der Waals surface area (Å²) in [6.45, 7) is 1.68. The van der Waals surface area contributed by atoms with Crippen LogP contribution in [0.5, 0.6) is 5.75 Å². The molecular weight excluding hydrogens is 459 g/mol. The molecule has 0 bridgehead atoms. The van der Waals surface area contributed by atoms with Crippen LogP contribution in [0.1, 0.15) is 24.8 Å². The summed E-state index contributed by atoms with van der Waals surface area (Å²) in [5.74, 6) is -2.06. The average Bonchev–Trinajstić information content (AvgIpc) is 2.74. The fourth-order valence-electron chi connectivity index (χ4n) is 3.58. The number of alkyl halides is 3. The summed E-state index contributed by atoms with van der Waals surface area (Å²) in [5, 5.41) is 0. The zero-order chi connectivity index (χ0) is 24.1. The van der Waals surface area contributed by atoms with Gasteiger partial charge < -0.3 is 14.5 Å². The van der Waals surface area contributed by atoms with E-state index in [4.69, 9.17) is 0 Å². The van der Waals surface area contributed by atoms with Crippen molar-refractivity contribution in [2.45, 2.75) is 32.2 Å². The highest BCUT2D eigenvalue weighted by Crippen LogP contribution is 2.27. The van der Waals surface area contributed by atoms with Gasteiger partial charge in [0.15, 0.2) is 0 Å². The number of ether oxygens (including phenoxy) is 1. The zero-order valence-corrected chi connectivity index (χ0v) is 19.0. The van der Waals surface area contributed by atoms with Crippen LogP contribution in [0.25, 0.3) is 0 Å². The number of para-hydroxylation sites is 1. The van der Waals surface area contributed by atoms with E-state index < -0.39 is 33.8 Å². The van der Waals surface area contributed by atoms with E-state index in [0.29, 0.717) is 5.69 Å². The molecule has 1 N–H and O–H groups in total. The highest BCUT2D eigenvalue weighted by Gasteiger charge is 2.32. The molecule has 1 aliphatic heterocycles. The van der Waals surface area contributed by atoms with Crippen LogP contribution in [-0.2, 0) is 21.4 Å². The summed E-state index contributed by atoms with van der Waals surface area (Å²) < 4.78 is 69.0. The van der Waals surface area contributed by atoms with Gasteiger partial charge in [-0.05, 0) is 49.6 Å². The Kier molecular flexibility index (Phi) is 7.72. The molecule has 2 aromatic rings. The van der Waals surface area contributed by atoms with Crippen LogP contribution in [-0.4, -0.2) is 51.5 Å². The van der Waals surface area contributed by atoms with Crippen LogP contribution in [0.3, 0.4) is 0 Å². The van der Waals surface area contributed by atoms with E-state index in [1.165, 1.54) is 31.7 Å². The Morgan fingerprint density at radius 2 is 1.70 bits per heavy atom. The van der Waals surface area contributed by atoms with Crippen molar-refractivity contribution in [2.24, 2.45) is 0 Å². The van der Waals surface area contributed by atoms with Gasteiger partial charge in [0.2, 0.25) is 15.9 Å². The SMILES string of the molecule is CN(Cc1ccccc1OC(F)(F)F)C(=O)CS(=O)(=O)Nc1ccc(N2CCCCC2)cc1. The number of halogens is 3. The van der Waals surface area contributed by atoms with Crippen molar-refractivity contribution in [2.75, 3.05) is 35.5 Å². The number of carbonyl (C=O) groups is 1. The quantitative estimate of drug-likeness (QED) is 0.612. The molecule has 7 nitrogen and oxygen atoms in total. The Bertz CT molecular complexity index is 1050. The van der Waals surface area contributed by atoms with Crippen molar-refractivity contribution in [3.8, 4) is 5.75 Å². The molecule has 2 aromatic carbocycles. The van der Waals surface area contributed by atoms with Crippen LogP contribution in [0.2, 0.25) is 0 Å². The van der Waals surface area contributed by atoms with Gasteiger partial charge in [0, 0.05) is 43.6 Å². The Hall–Kier alpha value is -2.95. The number of hydrogen-bond donors (Lipinski definition) is 1. The summed E-state index contributed by atoms with van der Waals surface area (Å²) in [7, 11) is -2.70. The maximum Gasteiger partial charge on any atom is 0.573 e. The topological polar surface area (TPSA) is 78.9 Å². The molecule has 0 radical (unpaired) electrons. The van der Waals surface area contributed by atoms with Gasteiger partial charge in [-0.3, -0.25) is 9.52 Å². The maximum absolute atomic E-state index is 12.6. The lowest BCUT2D eigenvalue weighted by Crippen LogP contribution is -2.34. The molecule has 1 aliphatic rings. The maximum atomic E-state index is 12.6. The van der Waals surface area contributed by atoms with Crippen LogP contribution in [0.15, 0.2) is 48.5 Å². The smallest absolute Gasteiger partial charge is 0.405 e. The Morgan fingerprint density at radius 3 is 2.33 bits per heavy atom. The molecule has 1 heterocycles. The molecular formula is C22H26F3N3O4S. The predicted octanol–water partition coefficient (Wildman–Crippen LogP) is 3.98. The van der Waals surface area contributed by atoms with Crippen LogP contribution in [0.4, 0.5) is 24.5 Å². The minimum atomic E-state index is -4.88. The molecule has 0 saturated carbocycles. The molecule has 33 heavy (non-hydrogen) atoms. The number of anilines is 2. The van der Waals surface area contributed by atoms with E-state index in [9.17, 15) is 26.4 Å². The third-order valence-corrected chi connectivity index (χ3v) is 6.38.